The van der Waals surface area contributed by atoms with E-state index in [4.69, 9.17) is 5.73 Å². The zero-order valence-corrected chi connectivity index (χ0v) is 10.8. The minimum atomic E-state index is -3.92. The molecule has 0 saturated carbocycles. The summed E-state index contributed by atoms with van der Waals surface area (Å²) in [6.45, 7) is -0.388. The van der Waals surface area contributed by atoms with Crippen molar-refractivity contribution in [3.8, 4) is 0 Å². The predicted octanol–water partition coefficient (Wildman–Crippen LogP) is -0.226. The average molecular weight is 275 g/mol. The number of anilines is 1. The van der Waals surface area contributed by atoms with Crippen molar-refractivity contribution in [2.75, 3.05) is 26.4 Å². The van der Waals surface area contributed by atoms with Gasteiger partial charge in [-0.2, -0.15) is 0 Å². The molecule has 0 radical (unpaired) electrons. The van der Waals surface area contributed by atoms with Crippen LogP contribution in [-0.4, -0.2) is 39.9 Å². The SMILES string of the molecule is CN(C)C(=O)CNS(=O)(=O)c1ccc(N)c(F)c1. The lowest BCUT2D eigenvalue weighted by Gasteiger charge is -2.11. The summed E-state index contributed by atoms with van der Waals surface area (Å²) in [5, 5.41) is 0. The number of sulfonamides is 1. The number of likely N-dealkylation sites (N-methyl/N-ethyl adjacent to an activating group) is 1. The molecule has 8 heteroatoms. The molecule has 0 aliphatic rings. The van der Waals surface area contributed by atoms with Gasteiger partial charge in [0.1, 0.15) is 5.82 Å². The fourth-order valence-electron chi connectivity index (χ4n) is 1.07. The summed E-state index contributed by atoms with van der Waals surface area (Å²) >= 11 is 0. The molecule has 1 amide bonds. The standard InChI is InChI=1S/C10H14FN3O3S/c1-14(2)10(15)6-13-18(16,17)7-3-4-9(12)8(11)5-7/h3-5,13H,6,12H2,1-2H3. The van der Waals surface area contributed by atoms with Crippen molar-refractivity contribution in [3.05, 3.63) is 24.0 Å². The molecule has 100 valence electrons. The van der Waals surface area contributed by atoms with Gasteiger partial charge in [-0.1, -0.05) is 0 Å². The van der Waals surface area contributed by atoms with Crippen molar-refractivity contribution in [1.29, 1.82) is 0 Å². The van der Waals surface area contributed by atoms with Crippen molar-refractivity contribution in [1.82, 2.24) is 9.62 Å². The van der Waals surface area contributed by atoms with Crippen LogP contribution in [0.25, 0.3) is 0 Å². The van der Waals surface area contributed by atoms with E-state index in [0.29, 0.717) is 0 Å². The highest BCUT2D eigenvalue weighted by molar-refractivity contribution is 7.89. The Hall–Kier alpha value is -1.67. The van der Waals surface area contributed by atoms with E-state index in [0.717, 1.165) is 12.1 Å². The maximum absolute atomic E-state index is 13.1. The van der Waals surface area contributed by atoms with E-state index >= 15 is 0 Å². The third-order valence-corrected chi connectivity index (χ3v) is 3.59. The van der Waals surface area contributed by atoms with Crippen LogP contribution in [0.2, 0.25) is 0 Å². The van der Waals surface area contributed by atoms with Gasteiger partial charge in [-0.25, -0.2) is 17.5 Å². The summed E-state index contributed by atoms with van der Waals surface area (Å²) in [6.07, 6.45) is 0. The molecule has 1 aromatic rings. The normalized spacial score (nSPS) is 11.3. The number of carbonyl (C=O) groups excluding carboxylic acids is 1. The highest BCUT2D eigenvalue weighted by atomic mass is 32.2. The Morgan fingerprint density at radius 3 is 2.56 bits per heavy atom. The smallest absolute Gasteiger partial charge is 0.241 e. The van der Waals surface area contributed by atoms with Gasteiger partial charge in [0.15, 0.2) is 0 Å². The summed E-state index contributed by atoms with van der Waals surface area (Å²) in [7, 11) is -0.922. The van der Waals surface area contributed by atoms with Crippen LogP contribution >= 0.6 is 0 Å². The lowest BCUT2D eigenvalue weighted by atomic mass is 10.3. The van der Waals surface area contributed by atoms with Crippen LogP contribution in [-0.2, 0) is 14.8 Å². The van der Waals surface area contributed by atoms with E-state index in [-0.39, 0.29) is 17.1 Å². The molecule has 0 aromatic heterocycles. The van der Waals surface area contributed by atoms with Gasteiger partial charge in [0.2, 0.25) is 15.9 Å². The van der Waals surface area contributed by atoms with Crippen LogP contribution in [0.15, 0.2) is 23.1 Å². The molecule has 6 nitrogen and oxygen atoms in total. The second-order valence-electron chi connectivity index (χ2n) is 3.80. The average Bonchev–Trinajstić information content (AvgIpc) is 2.29. The monoisotopic (exact) mass is 275 g/mol. The van der Waals surface area contributed by atoms with Gasteiger partial charge in [0, 0.05) is 14.1 Å². The van der Waals surface area contributed by atoms with Gasteiger partial charge in [0.05, 0.1) is 17.1 Å². The molecule has 0 saturated heterocycles. The third-order valence-electron chi connectivity index (χ3n) is 2.19. The van der Waals surface area contributed by atoms with Gasteiger partial charge < -0.3 is 10.6 Å². The number of hydrogen-bond donors (Lipinski definition) is 2. The number of hydrogen-bond acceptors (Lipinski definition) is 4. The second kappa shape index (κ2) is 5.32. The van der Waals surface area contributed by atoms with Crippen molar-refractivity contribution >= 4 is 21.6 Å². The first kappa shape index (κ1) is 14.4. The van der Waals surface area contributed by atoms with Gasteiger partial charge in [0.25, 0.3) is 0 Å². The molecule has 1 rings (SSSR count). The first-order chi connectivity index (χ1) is 8.24. The van der Waals surface area contributed by atoms with E-state index < -0.39 is 21.7 Å². The number of halogens is 1. The van der Waals surface area contributed by atoms with E-state index in [9.17, 15) is 17.6 Å². The Balaban J connectivity index is 2.87. The van der Waals surface area contributed by atoms with E-state index in [1.807, 2.05) is 0 Å². The summed E-state index contributed by atoms with van der Waals surface area (Å²) in [5.41, 5.74) is 5.10. The molecule has 3 N–H and O–H groups in total. The predicted molar refractivity (Wildman–Crippen MR) is 64.7 cm³/mol. The summed E-state index contributed by atoms with van der Waals surface area (Å²) in [5.74, 6) is -1.23. The van der Waals surface area contributed by atoms with Crippen LogP contribution in [0, 0.1) is 5.82 Å². The molecular formula is C10H14FN3O3S. The van der Waals surface area contributed by atoms with Crippen molar-refractivity contribution in [2.45, 2.75) is 4.90 Å². The Bertz CT molecular complexity index is 557. The number of nitrogens with one attached hydrogen (secondary N) is 1. The van der Waals surface area contributed by atoms with Gasteiger partial charge in [-0.05, 0) is 18.2 Å². The molecule has 1 aromatic carbocycles. The van der Waals surface area contributed by atoms with Gasteiger partial charge in [-0.15, -0.1) is 0 Å². The number of nitrogen functional groups attached to an aromatic ring is 1. The zero-order valence-electron chi connectivity index (χ0n) is 9.97. The number of amides is 1. The van der Waals surface area contributed by atoms with E-state index in [1.165, 1.54) is 25.1 Å². The van der Waals surface area contributed by atoms with Crippen LogP contribution in [0.4, 0.5) is 10.1 Å². The number of rotatable bonds is 4. The quantitative estimate of drug-likeness (QED) is 0.743. The van der Waals surface area contributed by atoms with Crippen LogP contribution in [0.1, 0.15) is 0 Å². The Morgan fingerprint density at radius 1 is 1.44 bits per heavy atom. The molecule has 0 spiro atoms. The van der Waals surface area contributed by atoms with Crippen LogP contribution in [0.3, 0.4) is 0 Å². The lowest BCUT2D eigenvalue weighted by molar-refractivity contribution is -0.127. The molecular weight excluding hydrogens is 261 g/mol. The molecule has 18 heavy (non-hydrogen) atoms. The first-order valence-corrected chi connectivity index (χ1v) is 6.47. The summed E-state index contributed by atoms with van der Waals surface area (Å²) in [6, 6.07) is 3.12. The fourth-order valence-corrected chi connectivity index (χ4v) is 2.06. The van der Waals surface area contributed by atoms with Crippen LogP contribution < -0.4 is 10.5 Å². The summed E-state index contributed by atoms with van der Waals surface area (Å²) in [4.78, 5) is 12.2. The number of nitrogens with two attached hydrogens (primary N) is 1. The number of nitrogens with zero attached hydrogens (tertiary/aromatic N) is 1. The summed E-state index contributed by atoms with van der Waals surface area (Å²) < 4.78 is 38.7. The molecule has 0 bridgehead atoms. The molecule has 0 aliphatic carbocycles. The fraction of sp³-hybridized carbons (Fsp3) is 0.300. The van der Waals surface area contributed by atoms with E-state index in [1.54, 1.807) is 0 Å². The Labute approximate surface area is 105 Å². The lowest BCUT2D eigenvalue weighted by Crippen LogP contribution is -2.36. The van der Waals surface area contributed by atoms with Gasteiger partial charge in [-0.3, -0.25) is 4.79 Å². The maximum Gasteiger partial charge on any atom is 0.241 e. The van der Waals surface area contributed by atoms with Crippen molar-refractivity contribution < 1.29 is 17.6 Å². The second-order valence-corrected chi connectivity index (χ2v) is 5.56. The van der Waals surface area contributed by atoms with Crippen LogP contribution in [0.5, 0.6) is 0 Å². The van der Waals surface area contributed by atoms with E-state index in [2.05, 4.69) is 4.72 Å². The number of benzene rings is 1. The van der Waals surface area contributed by atoms with Crippen molar-refractivity contribution in [2.24, 2.45) is 0 Å². The minimum Gasteiger partial charge on any atom is -0.396 e. The molecule has 0 heterocycles. The molecule has 0 atom stereocenters. The molecule has 0 aliphatic heterocycles. The van der Waals surface area contributed by atoms with Crippen molar-refractivity contribution in [3.63, 3.8) is 0 Å². The first-order valence-electron chi connectivity index (χ1n) is 4.99. The third kappa shape index (κ3) is 3.41. The molecule has 0 unspecified atom stereocenters. The highest BCUT2D eigenvalue weighted by Gasteiger charge is 2.17. The zero-order chi connectivity index (χ0) is 13.9. The Morgan fingerprint density at radius 2 is 2.06 bits per heavy atom. The number of carbonyl (C=O) groups is 1. The molecule has 0 fully saturated rings. The highest BCUT2D eigenvalue weighted by Crippen LogP contribution is 2.15. The topological polar surface area (TPSA) is 92.5 Å². The Kier molecular flexibility index (Phi) is 4.25. The largest absolute Gasteiger partial charge is 0.396 e. The maximum atomic E-state index is 13.1. The van der Waals surface area contributed by atoms with Gasteiger partial charge >= 0.3 is 0 Å². The minimum absolute atomic E-state index is 0.140.